The van der Waals surface area contributed by atoms with Crippen molar-refractivity contribution >= 4 is 21.6 Å². The van der Waals surface area contributed by atoms with Crippen LogP contribution in [0.2, 0.25) is 0 Å². The number of hydrogen-bond acceptors (Lipinski definition) is 4. The van der Waals surface area contributed by atoms with E-state index in [1.54, 1.807) is 23.6 Å². The van der Waals surface area contributed by atoms with Gasteiger partial charge in [-0.05, 0) is 47.2 Å². The summed E-state index contributed by atoms with van der Waals surface area (Å²) in [6.07, 6.45) is 2.35. The lowest BCUT2D eigenvalue weighted by atomic mass is 10.0. The normalized spacial score (nSPS) is 12.5. The average molecular weight is 302 g/mol. The number of nitrogens with zero attached hydrogens (tertiary/aromatic N) is 1. The molecule has 0 saturated carbocycles. The van der Waals surface area contributed by atoms with Crippen molar-refractivity contribution in [1.29, 1.82) is 0 Å². The summed E-state index contributed by atoms with van der Waals surface area (Å²) in [5.74, 6) is -0.122. The second kappa shape index (κ2) is 5.79. The van der Waals surface area contributed by atoms with Crippen molar-refractivity contribution < 1.29 is 9.13 Å². The van der Waals surface area contributed by atoms with Crippen LogP contribution in [-0.4, -0.2) is 12.1 Å². The maximum Gasteiger partial charge on any atom is 0.165 e. The molecule has 0 aliphatic carbocycles. The van der Waals surface area contributed by atoms with Gasteiger partial charge in [0.15, 0.2) is 11.6 Å². The molecule has 0 amide bonds. The quantitative estimate of drug-likeness (QED) is 0.799. The van der Waals surface area contributed by atoms with Crippen molar-refractivity contribution in [2.45, 2.75) is 12.5 Å². The van der Waals surface area contributed by atoms with Crippen molar-refractivity contribution in [2.24, 2.45) is 5.73 Å². The summed E-state index contributed by atoms with van der Waals surface area (Å²) in [5, 5.41) is 2.01. The van der Waals surface area contributed by atoms with Crippen molar-refractivity contribution in [1.82, 2.24) is 4.98 Å². The zero-order valence-electron chi connectivity index (χ0n) is 11.5. The lowest BCUT2D eigenvalue weighted by Gasteiger charge is -2.12. The predicted octanol–water partition coefficient (Wildman–Crippen LogP) is 3.69. The van der Waals surface area contributed by atoms with Crippen LogP contribution < -0.4 is 10.5 Å². The highest BCUT2D eigenvalue weighted by atomic mass is 32.1. The van der Waals surface area contributed by atoms with E-state index < -0.39 is 0 Å². The lowest BCUT2D eigenvalue weighted by molar-refractivity contribution is 0.386. The number of hydrogen-bond donors (Lipinski definition) is 1. The molecule has 2 heterocycles. The standard InChI is InChI=1S/C16H15FN2OS/c1-20-15-3-2-10(6-12(15)17)7-13(18)11-8-16-14(19-9-11)4-5-21-16/h2-6,8-9,13H,7,18H2,1H3. The molecule has 1 atom stereocenters. The topological polar surface area (TPSA) is 48.1 Å². The van der Waals surface area contributed by atoms with E-state index in [9.17, 15) is 4.39 Å². The molecule has 1 unspecified atom stereocenters. The number of aromatic nitrogens is 1. The van der Waals surface area contributed by atoms with E-state index in [-0.39, 0.29) is 17.6 Å². The summed E-state index contributed by atoms with van der Waals surface area (Å²) in [7, 11) is 1.45. The molecule has 0 fully saturated rings. The van der Waals surface area contributed by atoms with Crippen molar-refractivity contribution in [3.8, 4) is 5.75 Å². The number of fused-ring (bicyclic) bond motifs is 1. The van der Waals surface area contributed by atoms with Crippen LogP contribution in [0.4, 0.5) is 4.39 Å². The smallest absolute Gasteiger partial charge is 0.165 e. The maximum atomic E-state index is 13.7. The molecule has 0 bridgehead atoms. The Labute approximate surface area is 126 Å². The third-order valence-electron chi connectivity index (χ3n) is 3.42. The van der Waals surface area contributed by atoms with Gasteiger partial charge in [0.05, 0.1) is 17.3 Å². The summed E-state index contributed by atoms with van der Waals surface area (Å²) >= 11 is 1.64. The molecular formula is C16H15FN2OS. The third-order valence-corrected chi connectivity index (χ3v) is 4.28. The first-order chi connectivity index (χ1) is 10.2. The number of rotatable bonds is 4. The molecule has 3 rings (SSSR count). The van der Waals surface area contributed by atoms with Gasteiger partial charge in [0, 0.05) is 12.2 Å². The summed E-state index contributed by atoms with van der Waals surface area (Å²) < 4.78 is 19.7. The molecule has 3 aromatic rings. The fourth-order valence-corrected chi connectivity index (χ4v) is 3.06. The van der Waals surface area contributed by atoms with Gasteiger partial charge in [0.25, 0.3) is 0 Å². The highest BCUT2D eigenvalue weighted by Crippen LogP contribution is 2.25. The fourth-order valence-electron chi connectivity index (χ4n) is 2.27. The Hall–Kier alpha value is -1.98. The van der Waals surface area contributed by atoms with Crippen LogP contribution in [0.1, 0.15) is 17.2 Å². The van der Waals surface area contributed by atoms with Crippen molar-refractivity contribution in [3.05, 3.63) is 58.9 Å². The number of benzene rings is 1. The van der Waals surface area contributed by atoms with Gasteiger partial charge in [0.2, 0.25) is 0 Å². The minimum atomic E-state index is -0.367. The predicted molar refractivity (Wildman–Crippen MR) is 83.2 cm³/mol. The van der Waals surface area contributed by atoms with Crippen LogP contribution in [0.3, 0.4) is 0 Å². The Morgan fingerprint density at radius 2 is 2.19 bits per heavy atom. The minimum absolute atomic E-state index is 0.211. The van der Waals surface area contributed by atoms with E-state index in [0.717, 1.165) is 21.3 Å². The van der Waals surface area contributed by atoms with Gasteiger partial charge in [-0.2, -0.15) is 0 Å². The number of methoxy groups -OCH3 is 1. The Bertz CT molecular complexity index is 772. The average Bonchev–Trinajstić information content (AvgIpc) is 2.94. The largest absolute Gasteiger partial charge is 0.494 e. The van der Waals surface area contributed by atoms with Gasteiger partial charge >= 0.3 is 0 Å². The fraction of sp³-hybridized carbons (Fsp3) is 0.188. The second-order valence-electron chi connectivity index (χ2n) is 4.85. The number of ether oxygens (including phenoxy) is 1. The molecule has 0 spiro atoms. The third kappa shape index (κ3) is 2.89. The molecule has 21 heavy (non-hydrogen) atoms. The Balaban J connectivity index is 1.81. The molecule has 5 heteroatoms. The first-order valence-electron chi connectivity index (χ1n) is 6.58. The van der Waals surface area contributed by atoms with Gasteiger partial charge in [-0.1, -0.05) is 6.07 Å². The van der Waals surface area contributed by atoms with Crippen LogP contribution in [0.15, 0.2) is 41.9 Å². The van der Waals surface area contributed by atoms with E-state index in [4.69, 9.17) is 10.5 Å². The number of thiophene rings is 1. The van der Waals surface area contributed by atoms with Crippen LogP contribution >= 0.6 is 11.3 Å². The zero-order chi connectivity index (χ0) is 14.8. The molecule has 108 valence electrons. The number of nitrogens with two attached hydrogens (primary N) is 1. The molecule has 0 saturated heterocycles. The Morgan fingerprint density at radius 3 is 2.95 bits per heavy atom. The molecule has 0 aliphatic rings. The van der Waals surface area contributed by atoms with E-state index >= 15 is 0 Å². The van der Waals surface area contributed by atoms with E-state index in [0.29, 0.717) is 6.42 Å². The summed E-state index contributed by atoms with van der Waals surface area (Å²) in [5.41, 5.74) is 9.00. The molecular weight excluding hydrogens is 287 g/mol. The number of pyridine rings is 1. The van der Waals surface area contributed by atoms with Crippen LogP contribution in [0.25, 0.3) is 10.2 Å². The molecule has 2 aromatic heterocycles. The number of halogens is 1. The van der Waals surface area contributed by atoms with Gasteiger partial charge in [0.1, 0.15) is 0 Å². The SMILES string of the molecule is COc1ccc(CC(N)c2cnc3ccsc3c2)cc1F. The first kappa shape index (κ1) is 14.0. The van der Waals surface area contributed by atoms with Crippen LogP contribution in [0, 0.1) is 5.82 Å². The lowest BCUT2D eigenvalue weighted by Crippen LogP contribution is -2.13. The molecule has 2 N–H and O–H groups in total. The summed E-state index contributed by atoms with van der Waals surface area (Å²) in [6, 6.07) is 8.75. The Morgan fingerprint density at radius 1 is 1.33 bits per heavy atom. The zero-order valence-corrected chi connectivity index (χ0v) is 12.4. The minimum Gasteiger partial charge on any atom is -0.494 e. The summed E-state index contributed by atoms with van der Waals surface area (Å²) in [4.78, 5) is 4.39. The summed E-state index contributed by atoms with van der Waals surface area (Å²) in [6.45, 7) is 0. The van der Waals surface area contributed by atoms with Gasteiger partial charge in [-0.15, -0.1) is 11.3 Å². The van der Waals surface area contributed by atoms with Gasteiger partial charge < -0.3 is 10.5 Å². The Kier molecular flexibility index (Phi) is 3.86. The highest BCUT2D eigenvalue weighted by molar-refractivity contribution is 7.17. The molecule has 1 aromatic carbocycles. The van der Waals surface area contributed by atoms with E-state index in [1.165, 1.54) is 13.2 Å². The first-order valence-corrected chi connectivity index (χ1v) is 7.46. The van der Waals surface area contributed by atoms with Crippen LogP contribution in [-0.2, 0) is 6.42 Å². The monoisotopic (exact) mass is 302 g/mol. The van der Waals surface area contributed by atoms with E-state index in [1.807, 2.05) is 17.5 Å². The van der Waals surface area contributed by atoms with Crippen molar-refractivity contribution in [2.75, 3.05) is 7.11 Å². The molecule has 3 nitrogen and oxygen atoms in total. The van der Waals surface area contributed by atoms with Gasteiger partial charge in [-0.3, -0.25) is 4.98 Å². The van der Waals surface area contributed by atoms with Crippen LogP contribution in [0.5, 0.6) is 5.75 Å². The van der Waals surface area contributed by atoms with Gasteiger partial charge in [-0.25, -0.2) is 4.39 Å². The van der Waals surface area contributed by atoms with Crippen molar-refractivity contribution in [3.63, 3.8) is 0 Å². The molecule has 0 aliphatic heterocycles. The second-order valence-corrected chi connectivity index (χ2v) is 5.80. The highest BCUT2D eigenvalue weighted by Gasteiger charge is 2.11. The van der Waals surface area contributed by atoms with E-state index in [2.05, 4.69) is 11.1 Å². The molecule has 0 radical (unpaired) electrons. The maximum absolute atomic E-state index is 13.7.